The quantitative estimate of drug-likeness (QED) is 0.413. The minimum absolute atomic E-state index is 0.108. The molecule has 152 valence electrons. The van der Waals surface area contributed by atoms with Gasteiger partial charge in [-0.2, -0.15) is 0 Å². The van der Waals surface area contributed by atoms with Crippen LogP contribution in [0.2, 0.25) is 0 Å². The van der Waals surface area contributed by atoms with Gasteiger partial charge < -0.3 is 10.2 Å². The molecular weight excluding hydrogens is 416 g/mol. The van der Waals surface area contributed by atoms with E-state index in [4.69, 9.17) is 0 Å². The average molecular weight is 437 g/mol. The van der Waals surface area contributed by atoms with Gasteiger partial charge in [-0.25, -0.2) is 9.78 Å². The normalized spacial score (nSPS) is 11.8. The number of urea groups is 1. The van der Waals surface area contributed by atoms with E-state index in [1.165, 1.54) is 11.3 Å². The van der Waals surface area contributed by atoms with Crippen molar-refractivity contribution in [3.8, 4) is 0 Å². The van der Waals surface area contributed by atoms with Crippen molar-refractivity contribution in [2.24, 2.45) is 0 Å². The lowest BCUT2D eigenvalue weighted by Gasteiger charge is -2.22. The monoisotopic (exact) mass is 436 g/mol. The molecule has 4 aromatic rings. The number of nitrogens with one attached hydrogen (secondary N) is 2. The maximum Gasteiger partial charge on any atom is 0.324 e. The van der Waals surface area contributed by atoms with E-state index in [1.807, 2.05) is 49.4 Å². The van der Waals surface area contributed by atoms with Crippen molar-refractivity contribution in [1.29, 1.82) is 0 Å². The predicted octanol–water partition coefficient (Wildman–Crippen LogP) is 5.84. The van der Waals surface area contributed by atoms with Crippen LogP contribution in [0.1, 0.15) is 27.6 Å². The number of amides is 3. The lowest BCUT2D eigenvalue weighted by molar-refractivity contribution is 0.0747. The zero-order valence-corrected chi connectivity index (χ0v) is 18.1. The Balaban J connectivity index is 1.42. The van der Waals surface area contributed by atoms with E-state index >= 15 is 0 Å². The minimum atomic E-state index is -0.349. The number of para-hydroxylation sites is 2. The highest BCUT2D eigenvalue weighted by Gasteiger charge is 2.23. The molecule has 0 spiro atoms. The molecule has 8 heteroatoms. The van der Waals surface area contributed by atoms with Gasteiger partial charge in [-0.05, 0) is 43.3 Å². The van der Waals surface area contributed by atoms with Crippen molar-refractivity contribution in [2.45, 2.75) is 13.0 Å². The first-order valence-electron chi connectivity index (χ1n) is 9.37. The van der Waals surface area contributed by atoms with E-state index < -0.39 is 0 Å². The first kappa shape index (κ1) is 20.1. The molecule has 0 aliphatic carbocycles. The molecule has 2 heterocycles. The molecule has 0 radical (unpaired) electrons. The van der Waals surface area contributed by atoms with Crippen LogP contribution in [-0.4, -0.2) is 28.9 Å². The molecular formula is C22H20N4O2S2. The highest BCUT2D eigenvalue weighted by atomic mass is 32.1. The Labute approximate surface area is 182 Å². The van der Waals surface area contributed by atoms with Crippen LogP contribution in [0.15, 0.2) is 66.7 Å². The number of hydrogen-bond donors (Lipinski definition) is 2. The molecule has 30 heavy (non-hydrogen) atoms. The second kappa shape index (κ2) is 8.64. The molecule has 0 aliphatic rings. The number of anilines is 2. The summed E-state index contributed by atoms with van der Waals surface area (Å²) in [5.41, 5.74) is 1.64. The molecule has 0 fully saturated rings. The van der Waals surface area contributed by atoms with Gasteiger partial charge in [0.2, 0.25) is 0 Å². The Hall–Kier alpha value is -3.23. The number of hydrogen-bond acceptors (Lipinski definition) is 5. The number of nitrogens with zero attached hydrogens (tertiary/aromatic N) is 2. The molecule has 0 saturated heterocycles. The van der Waals surface area contributed by atoms with E-state index in [0.29, 0.717) is 15.6 Å². The summed E-state index contributed by atoms with van der Waals surface area (Å²) in [5.74, 6) is -0.108. The molecule has 2 N–H and O–H groups in total. The van der Waals surface area contributed by atoms with Gasteiger partial charge in [-0.3, -0.25) is 10.1 Å². The van der Waals surface area contributed by atoms with Gasteiger partial charge in [0.1, 0.15) is 5.01 Å². The maximum atomic E-state index is 12.9. The predicted molar refractivity (Wildman–Crippen MR) is 124 cm³/mol. The van der Waals surface area contributed by atoms with Gasteiger partial charge in [-0.15, -0.1) is 22.7 Å². The van der Waals surface area contributed by atoms with Gasteiger partial charge in [0.25, 0.3) is 5.91 Å². The molecule has 2 aromatic carbocycles. The first-order chi connectivity index (χ1) is 14.5. The van der Waals surface area contributed by atoms with Crippen LogP contribution < -0.4 is 10.6 Å². The van der Waals surface area contributed by atoms with Crippen molar-refractivity contribution in [3.63, 3.8) is 0 Å². The second-order valence-corrected chi connectivity index (χ2v) is 8.87. The third-order valence-corrected chi connectivity index (χ3v) is 6.85. The summed E-state index contributed by atoms with van der Waals surface area (Å²) in [6, 6.07) is 20.1. The van der Waals surface area contributed by atoms with E-state index in [0.717, 1.165) is 15.2 Å². The summed E-state index contributed by atoms with van der Waals surface area (Å²) in [5, 5.41) is 7.03. The second-order valence-electron chi connectivity index (χ2n) is 6.72. The molecule has 0 saturated carbocycles. The Kier molecular flexibility index (Phi) is 5.78. The third kappa shape index (κ3) is 4.34. The van der Waals surface area contributed by atoms with E-state index in [-0.39, 0.29) is 18.0 Å². The smallest absolute Gasteiger partial charge is 0.324 e. The average Bonchev–Trinajstić information content (AvgIpc) is 3.39. The van der Waals surface area contributed by atoms with Crippen LogP contribution in [0.25, 0.3) is 10.2 Å². The topological polar surface area (TPSA) is 74.3 Å². The van der Waals surface area contributed by atoms with Crippen LogP contribution >= 0.6 is 22.7 Å². The van der Waals surface area contributed by atoms with Crippen LogP contribution in [0, 0.1) is 0 Å². The number of carbonyl (C=O) groups excluding carboxylic acids is 2. The Morgan fingerprint density at radius 3 is 2.43 bits per heavy atom. The molecule has 0 aliphatic heterocycles. The largest absolute Gasteiger partial charge is 0.332 e. The van der Waals surface area contributed by atoms with Gasteiger partial charge in [-0.1, -0.05) is 30.3 Å². The highest BCUT2D eigenvalue weighted by Crippen LogP contribution is 2.31. The Morgan fingerprint density at radius 1 is 0.933 bits per heavy atom. The zero-order chi connectivity index (χ0) is 21.1. The zero-order valence-electron chi connectivity index (χ0n) is 16.5. The maximum absolute atomic E-state index is 12.9. The number of carbonyl (C=O) groups is 2. The fraction of sp³-hybridized carbons (Fsp3) is 0.136. The number of rotatable bonds is 5. The minimum Gasteiger partial charge on any atom is -0.332 e. The summed E-state index contributed by atoms with van der Waals surface area (Å²) in [4.78, 5) is 32.0. The van der Waals surface area contributed by atoms with Gasteiger partial charge in [0, 0.05) is 12.7 Å². The Bertz CT molecular complexity index is 1150. The van der Waals surface area contributed by atoms with Crippen molar-refractivity contribution in [3.05, 3.63) is 76.6 Å². The van der Waals surface area contributed by atoms with Crippen molar-refractivity contribution >= 4 is 55.5 Å². The van der Waals surface area contributed by atoms with E-state index in [9.17, 15) is 9.59 Å². The lowest BCUT2D eigenvalue weighted by atomic mass is 10.3. The van der Waals surface area contributed by atoms with E-state index in [2.05, 4.69) is 15.6 Å². The fourth-order valence-corrected chi connectivity index (χ4v) is 4.85. The van der Waals surface area contributed by atoms with Gasteiger partial charge in [0.05, 0.1) is 26.1 Å². The summed E-state index contributed by atoms with van der Waals surface area (Å²) in [6.45, 7) is 1.97. The number of fused-ring (bicyclic) bond motifs is 1. The summed E-state index contributed by atoms with van der Waals surface area (Å²) in [6.07, 6.45) is 0. The van der Waals surface area contributed by atoms with Crippen LogP contribution in [0.4, 0.5) is 15.5 Å². The van der Waals surface area contributed by atoms with Crippen LogP contribution in [0.3, 0.4) is 0 Å². The number of thiazole rings is 1. The number of benzene rings is 2. The van der Waals surface area contributed by atoms with Gasteiger partial charge in [0.15, 0.2) is 0 Å². The molecule has 1 atom stereocenters. The number of thiophene rings is 1. The molecule has 1 unspecified atom stereocenters. The number of aromatic nitrogens is 1. The summed E-state index contributed by atoms with van der Waals surface area (Å²) < 4.78 is 1.10. The molecule has 2 aromatic heterocycles. The van der Waals surface area contributed by atoms with Gasteiger partial charge >= 0.3 is 6.03 Å². The standard InChI is InChI=1S/C22H20N4O2S2/c1-14(20-24-16-10-6-7-11-17(16)30-20)26(2)21(27)18-12-13-19(29-18)25-22(28)23-15-8-4-3-5-9-15/h3-14H,1-2H3,(H2,23,25,28). The molecule has 6 nitrogen and oxygen atoms in total. The lowest BCUT2D eigenvalue weighted by Crippen LogP contribution is -2.29. The molecule has 0 bridgehead atoms. The Morgan fingerprint density at radius 2 is 1.67 bits per heavy atom. The fourth-order valence-electron chi connectivity index (χ4n) is 2.90. The summed E-state index contributed by atoms with van der Waals surface area (Å²) >= 11 is 2.84. The summed E-state index contributed by atoms with van der Waals surface area (Å²) in [7, 11) is 1.77. The van der Waals surface area contributed by atoms with Crippen molar-refractivity contribution in [2.75, 3.05) is 17.7 Å². The SMILES string of the molecule is CC(c1nc2ccccc2s1)N(C)C(=O)c1ccc(NC(=O)Nc2ccccc2)s1. The van der Waals surface area contributed by atoms with Crippen LogP contribution in [0.5, 0.6) is 0 Å². The first-order valence-corrected chi connectivity index (χ1v) is 11.0. The third-order valence-electron chi connectivity index (χ3n) is 4.65. The van der Waals surface area contributed by atoms with Crippen molar-refractivity contribution < 1.29 is 9.59 Å². The molecule has 4 rings (SSSR count). The van der Waals surface area contributed by atoms with Crippen molar-refractivity contribution in [1.82, 2.24) is 9.88 Å². The molecule has 3 amide bonds. The van der Waals surface area contributed by atoms with Crippen LogP contribution in [-0.2, 0) is 0 Å². The highest BCUT2D eigenvalue weighted by molar-refractivity contribution is 7.18. The van der Waals surface area contributed by atoms with E-state index in [1.54, 1.807) is 47.5 Å².